The number of carboxylic acids is 1. The predicted molar refractivity (Wildman–Crippen MR) is 228 cm³/mol. The number of benzene rings is 2. The van der Waals surface area contributed by atoms with Crippen LogP contribution in [0.25, 0.3) is 0 Å². The molecule has 7 N–H and O–H groups in total. The zero-order valence-electron chi connectivity index (χ0n) is 38.6. The van der Waals surface area contributed by atoms with E-state index in [9.17, 15) is 54.3 Å². The van der Waals surface area contributed by atoms with E-state index in [0.717, 1.165) is 6.92 Å². The van der Waals surface area contributed by atoms with E-state index >= 15 is 0 Å². The molecule has 0 aromatic heterocycles. The number of hydrogen-bond acceptors (Lipinski definition) is 18. The molecule has 4 fully saturated rings. The molecule has 0 radical (unpaired) electrons. The number of ether oxygens (including phenoxy) is 7. The zero-order chi connectivity index (χ0) is 49.7. The molecular formula is C47H61NO19. The maximum Gasteiger partial charge on any atom is 0.408 e. The van der Waals surface area contributed by atoms with Crippen LogP contribution < -0.4 is 5.32 Å². The van der Waals surface area contributed by atoms with Gasteiger partial charge in [-0.2, -0.15) is 0 Å². The second-order valence-electron chi connectivity index (χ2n) is 19.7. The number of alkyl carbamates (subject to hydrolysis) is 1. The summed E-state index contributed by atoms with van der Waals surface area (Å²) in [6, 6.07) is 13.7. The van der Waals surface area contributed by atoms with Gasteiger partial charge in [0.05, 0.1) is 35.9 Å². The largest absolute Gasteiger partial charge is 0.480 e. The van der Waals surface area contributed by atoms with Gasteiger partial charge in [0.25, 0.3) is 0 Å². The quantitative estimate of drug-likeness (QED) is 0.111. The van der Waals surface area contributed by atoms with Crippen LogP contribution in [-0.2, 0) is 52.3 Å². The van der Waals surface area contributed by atoms with Crippen LogP contribution in [0, 0.1) is 22.7 Å². The van der Waals surface area contributed by atoms with E-state index in [4.69, 9.17) is 38.3 Å². The SMILES string of the molecule is CC(=O)O[C@@]12CO[C@@H]1C[C@H](O)[C@@]1(C)[C@H](O)[C@H](O)C3[C@H](C)C(OC(=O)[C@H](OC(=O)COCC(=O)O)[C@@H](NC(=O)OC(C)(C)C)c4ccccc4)C[C@@](O)([C@@H](OC(=O)c4ccccc4)[C@@]12O)C3(C)C. The molecule has 368 valence electrons. The van der Waals surface area contributed by atoms with Gasteiger partial charge in [0, 0.05) is 31.1 Å². The minimum absolute atomic E-state index is 0.0544. The second kappa shape index (κ2) is 18.7. The number of esters is 4. The Morgan fingerprint density at radius 3 is 2.06 bits per heavy atom. The lowest BCUT2D eigenvalue weighted by molar-refractivity contribution is -0.432. The average molecular weight is 944 g/mol. The van der Waals surface area contributed by atoms with Crippen LogP contribution >= 0.6 is 0 Å². The smallest absolute Gasteiger partial charge is 0.408 e. The fourth-order valence-corrected chi connectivity index (χ4v) is 10.9. The molecule has 67 heavy (non-hydrogen) atoms. The topological polar surface area (TPSA) is 300 Å². The first-order valence-electron chi connectivity index (χ1n) is 22.0. The van der Waals surface area contributed by atoms with E-state index in [1.807, 2.05) is 0 Å². The van der Waals surface area contributed by atoms with Crippen molar-refractivity contribution in [2.24, 2.45) is 22.7 Å². The van der Waals surface area contributed by atoms with Crippen LogP contribution in [0.15, 0.2) is 60.7 Å². The van der Waals surface area contributed by atoms with E-state index in [0.29, 0.717) is 0 Å². The van der Waals surface area contributed by atoms with Crippen molar-refractivity contribution < 1.29 is 92.6 Å². The Labute approximate surface area is 386 Å². The van der Waals surface area contributed by atoms with Gasteiger partial charge >= 0.3 is 35.9 Å². The molecule has 3 saturated carbocycles. The third kappa shape index (κ3) is 9.00. The van der Waals surface area contributed by atoms with Crippen LogP contribution in [-0.4, -0.2) is 152 Å². The standard InChI is InChI=1S/C47H61NO19/c1-24-28(63-39(57)36(64-32(53)22-61-21-31(51)52)34(26-15-11-9-12-16-26)48-41(58)67-42(3,4)5)20-45(59)40(65-38(56)27-17-13-10-14-18-27)47(60)44(8,37(55)35(54)33(24)43(45,6)7)29(50)19-30-46(47,23-62-30)66-25(2)49/h9-18,24,28-30,33-37,40,50,54-55,59-60H,19-23H2,1-8H3,(H,48,58)(H,51,52)/t24-,28?,29+,30-,33?,34+,35-,36-,37-,40-,44+,45-,46+,47-/m1/s1. The fourth-order valence-electron chi connectivity index (χ4n) is 10.9. The van der Waals surface area contributed by atoms with Gasteiger partial charge in [-0.05, 0) is 44.4 Å². The normalized spacial score (nSPS) is 34.9. The highest BCUT2D eigenvalue weighted by Gasteiger charge is 2.86. The Morgan fingerprint density at radius 2 is 1.51 bits per heavy atom. The number of aliphatic hydroxyl groups excluding tert-OH is 3. The summed E-state index contributed by atoms with van der Waals surface area (Å²) in [5, 5.41) is 76.2. The van der Waals surface area contributed by atoms with Gasteiger partial charge in [-0.15, -0.1) is 0 Å². The highest BCUT2D eigenvalue weighted by Crippen LogP contribution is 2.67. The van der Waals surface area contributed by atoms with Gasteiger partial charge in [0.2, 0.25) is 6.10 Å². The van der Waals surface area contributed by atoms with E-state index in [1.54, 1.807) is 52.0 Å². The lowest BCUT2D eigenvalue weighted by Crippen LogP contribution is -2.92. The summed E-state index contributed by atoms with van der Waals surface area (Å²) in [7, 11) is 0. The van der Waals surface area contributed by atoms with E-state index < -0.39 is 156 Å². The molecule has 1 amide bonds. The Bertz CT molecular complexity index is 2180. The van der Waals surface area contributed by atoms with E-state index in [-0.39, 0.29) is 17.5 Å². The third-order valence-corrected chi connectivity index (χ3v) is 14.2. The molecule has 4 aliphatic rings. The summed E-state index contributed by atoms with van der Waals surface area (Å²) in [6.45, 7) is 9.12. The number of aliphatic hydroxyl groups is 5. The molecule has 1 saturated heterocycles. The number of rotatable bonds is 13. The van der Waals surface area contributed by atoms with Crippen LogP contribution in [0.1, 0.15) is 90.2 Å². The molecule has 6 rings (SSSR count). The molecule has 3 aliphatic carbocycles. The summed E-state index contributed by atoms with van der Waals surface area (Å²) >= 11 is 0. The molecule has 2 aromatic rings. The molecule has 2 aromatic carbocycles. The fraction of sp³-hybridized carbons (Fsp3) is 0.617. The van der Waals surface area contributed by atoms with Crippen LogP contribution in [0.5, 0.6) is 0 Å². The first-order chi connectivity index (χ1) is 31.2. The first kappa shape index (κ1) is 51.2. The molecule has 20 nitrogen and oxygen atoms in total. The van der Waals surface area contributed by atoms with Crippen molar-refractivity contribution in [3.63, 3.8) is 0 Å². The molecule has 0 spiro atoms. The number of carbonyl (C=O) groups is 6. The first-order valence-corrected chi connectivity index (χ1v) is 22.0. The minimum atomic E-state index is -3.01. The van der Waals surface area contributed by atoms with Crippen LogP contribution in [0.4, 0.5) is 4.79 Å². The Kier molecular flexibility index (Phi) is 14.3. The van der Waals surface area contributed by atoms with Gasteiger partial charge in [-0.25, -0.2) is 24.0 Å². The molecule has 20 heteroatoms. The van der Waals surface area contributed by atoms with Crippen molar-refractivity contribution in [1.82, 2.24) is 5.32 Å². The number of amides is 1. The second-order valence-corrected chi connectivity index (χ2v) is 19.7. The number of hydrogen-bond donors (Lipinski definition) is 7. The lowest BCUT2D eigenvalue weighted by Gasteiger charge is -2.73. The maximum atomic E-state index is 14.9. The summed E-state index contributed by atoms with van der Waals surface area (Å²) < 4.78 is 40.2. The predicted octanol–water partition coefficient (Wildman–Crippen LogP) is 1.75. The van der Waals surface area contributed by atoms with Crippen molar-refractivity contribution in [1.29, 1.82) is 0 Å². The molecular weight excluding hydrogens is 883 g/mol. The van der Waals surface area contributed by atoms with E-state index in [1.165, 1.54) is 57.2 Å². The van der Waals surface area contributed by atoms with Gasteiger partial charge in [-0.3, -0.25) is 4.79 Å². The monoisotopic (exact) mass is 943 g/mol. The number of carboxylic acid groups (broad SMARTS) is 1. The minimum Gasteiger partial charge on any atom is -0.480 e. The van der Waals surface area contributed by atoms with Gasteiger partial charge in [0.1, 0.15) is 42.7 Å². The summed E-state index contributed by atoms with van der Waals surface area (Å²) in [6.07, 6.45) is -15.3. The highest BCUT2D eigenvalue weighted by molar-refractivity contribution is 5.89. The van der Waals surface area contributed by atoms with Crippen molar-refractivity contribution in [2.45, 2.75) is 139 Å². The third-order valence-electron chi connectivity index (χ3n) is 14.2. The Morgan fingerprint density at radius 1 is 0.896 bits per heavy atom. The van der Waals surface area contributed by atoms with Crippen LogP contribution in [0.2, 0.25) is 0 Å². The summed E-state index contributed by atoms with van der Waals surface area (Å²) in [4.78, 5) is 80.1. The number of aliphatic carboxylic acids is 1. The van der Waals surface area contributed by atoms with Crippen molar-refractivity contribution in [3.8, 4) is 0 Å². The molecule has 14 atom stereocenters. The van der Waals surface area contributed by atoms with Gasteiger partial charge in [0.15, 0.2) is 17.3 Å². The maximum absolute atomic E-state index is 14.9. The van der Waals surface area contributed by atoms with Crippen molar-refractivity contribution >= 4 is 35.9 Å². The zero-order valence-corrected chi connectivity index (χ0v) is 38.6. The van der Waals surface area contributed by atoms with Crippen molar-refractivity contribution in [3.05, 3.63) is 71.8 Å². The lowest BCUT2D eigenvalue weighted by atomic mass is 9.40. The number of nitrogens with one attached hydrogen (secondary N) is 1. The highest BCUT2D eigenvalue weighted by atomic mass is 16.7. The number of fused-ring (bicyclic) bond motifs is 5. The Hall–Kier alpha value is -5.22. The summed E-state index contributed by atoms with van der Waals surface area (Å²) in [5.74, 6) is -8.46. The average Bonchev–Trinajstić information content (AvgIpc) is 3.24. The van der Waals surface area contributed by atoms with Gasteiger partial charge in [-0.1, -0.05) is 76.2 Å². The van der Waals surface area contributed by atoms with Crippen molar-refractivity contribution in [2.75, 3.05) is 19.8 Å². The van der Waals surface area contributed by atoms with Crippen LogP contribution in [0.3, 0.4) is 0 Å². The summed E-state index contributed by atoms with van der Waals surface area (Å²) in [5.41, 5.74) is -12.9. The van der Waals surface area contributed by atoms with Gasteiger partial charge < -0.3 is 69.1 Å². The molecule has 1 aliphatic heterocycles. The molecule has 1 heterocycles. The molecule has 2 bridgehead atoms. The van der Waals surface area contributed by atoms with E-state index in [2.05, 4.69) is 5.32 Å². The molecule has 2 unspecified atom stereocenters. The Balaban J connectivity index is 1.51. The number of carbonyl (C=O) groups excluding carboxylic acids is 5.